The van der Waals surface area contributed by atoms with E-state index in [1.165, 1.54) is 25.7 Å². The highest BCUT2D eigenvalue weighted by Gasteiger charge is 2.17. The molecule has 2 rings (SSSR count). The maximum absolute atomic E-state index is 11.6. The fourth-order valence-corrected chi connectivity index (χ4v) is 2.92. The van der Waals surface area contributed by atoms with E-state index < -0.39 is 0 Å². The van der Waals surface area contributed by atoms with Gasteiger partial charge in [0.25, 0.3) is 0 Å². The normalized spacial score (nSPS) is 25.2. The molecule has 1 saturated carbocycles. The first-order valence-electron chi connectivity index (χ1n) is 7.42. The first-order valence-corrected chi connectivity index (χ1v) is 7.42. The molecule has 1 aliphatic heterocycles. The molecule has 0 radical (unpaired) electrons. The van der Waals surface area contributed by atoms with Crippen LogP contribution in [0.2, 0.25) is 0 Å². The van der Waals surface area contributed by atoms with E-state index in [4.69, 9.17) is 4.74 Å². The molecule has 1 saturated heterocycles. The number of hydrogen-bond donors (Lipinski definition) is 2. The van der Waals surface area contributed by atoms with E-state index in [1.807, 2.05) is 0 Å². The SMILES string of the molecule is O=C(COCCC1CCCNC1)NC1CCCC1. The Morgan fingerprint density at radius 1 is 1.22 bits per heavy atom. The van der Waals surface area contributed by atoms with Crippen molar-refractivity contribution in [3.63, 3.8) is 0 Å². The lowest BCUT2D eigenvalue weighted by Gasteiger charge is -2.22. The minimum absolute atomic E-state index is 0.0590. The zero-order valence-corrected chi connectivity index (χ0v) is 11.2. The van der Waals surface area contributed by atoms with Crippen LogP contribution in [-0.2, 0) is 9.53 Å². The van der Waals surface area contributed by atoms with Gasteiger partial charge in [-0.1, -0.05) is 12.8 Å². The second kappa shape index (κ2) is 7.74. The van der Waals surface area contributed by atoms with E-state index >= 15 is 0 Å². The monoisotopic (exact) mass is 254 g/mol. The van der Waals surface area contributed by atoms with Gasteiger partial charge in [0.2, 0.25) is 5.91 Å². The third-order valence-electron chi connectivity index (χ3n) is 4.02. The van der Waals surface area contributed by atoms with Crippen molar-refractivity contribution in [3.05, 3.63) is 0 Å². The summed E-state index contributed by atoms with van der Waals surface area (Å²) < 4.78 is 5.47. The molecule has 2 aliphatic rings. The van der Waals surface area contributed by atoms with Gasteiger partial charge in [-0.3, -0.25) is 4.79 Å². The fourth-order valence-electron chi connectivity index (χ4n) is 2.92. The van der Waals surface area contributed by atoms with Crippen LogP contribution >= 0.6 is 0 Å². The lowest BCUT2D eigenvalue weighted by Crippen LogP contribution is -2.35. The summed E-state index contributed by atoms with van der Waals surface area (Å²) in [5, 5.41) is 6.44. The second-order valence-corrected chi connectivity index (χ2v) is 5.60. The van der Waals surface area contributed by atoms with Gasteiger partial charge in [-0.25, -0.2) is 0 Å². The van der Waals surface area contributed by atoms with Crippen molar-refractivity contribution < 1.29 is 9.53 Å². The Labute approximate surface area is 110 Å². The molecule has 1 atom stereocenters. The zero-order chi connectivity index (χ0) is 12.6. The Hall–Kier alpha value is -0.610. The van der Waals surface area contributed by atoms with Crippen molar-refractivity contribution in [2.24, 2.45) is 5.92 Å². The van der Waals surface area contributed by atoms with E-state index in [1.54, 1.807) is 0 Å². The van der Waals surface area contributed by atoms with E-state index in [2.05, 4.69) is 10.6 Å². The second-order valence-electron chi connectivity index (χ2n) is 5.60. The van der Waals surface area contributed by atoms with Crippen LogP contribution in [-0.4, -0.2) is 38.3 Å². The minimum atomic E-state index is 0.0590. The summed E-state index contributed by atoms with van der Waals surface area (Å²) in [4.78, 5) is 11.6. The summed E-state index contributed by atoms with van der Waals surface area (Å²) in [6, 6.07) is 0.406. The van der Waals surface area contributed by atoms with Crippen LogP contribution in [0, 0.1) is 5.92 Å². The molecule has 1 amide bonds. The largest absolute Gasteiger partial charge is 0.372 e. The number of amides is 1. The number of piperidine rings is 1. The van der Waals surface area contributed by atoms with Gasteiger partial charge in [0, 0.05) is 12.6 Å². The summed E-state index contributed by atoms with van der Waals surface area (Å²) >= 11 is 0. The number of ether oxygens (including phenoxy) is 1. The Balaban J connectivity index is 1.47. The molecule has 0 aromatic heterocycles. The Morgan fingerprint density at radius 3 is 2.78 bits per heavy atom. The van der Waals surface area contributed by atoms with E-state index in [0.29, 0.717) is 12.6 Å². The Morgan fingerprint density at radius 2 is 2.06 bits per heavy atom. The van der Waals surface area contributed by atoms with Crippen LogP contribution in [0.25, 0.3) is 0 Å². The summed E-state index contributed by atoms with van der Waals surface area (Å²) in [5.41, 5.74) is 0. The van der Waals surface area contributed by atoms with Crippen LogP contribution in [0.1, 0.15) is 44.9 Å². The lowest BCUT2D eigenvalue weighted by molar-refractivity contribution is -0.126. The van der Waals surface area contributed by atoms with Crippen molar-refractivity contribution in [3.8, 4) is 0 Å². The zero-order valence-electron chi connectivity index (χ0n) is 11.2. The van der Waals surface area contributed by atoms with Gasteiger partial charge in [-0.15, -0.1) is 0 Å². The van der Waals surface area contributed by atoms with Crippen molar-refractivity contribution in [2.45, 2.75) is 51.0 Å². The quantitative estimate of drug-likeness (QED) is 0.705. The van der Waals surface area contributed by atoms with Crippen molar-refractivity contribution in [1.82, 2.24) is 10.6 Å². The topological polar surface area (TPSA) is 50.4 Å². The number of carbonyl (C=O) groups excluding carboxylic acids is 1. The number of nitrogens with one attached hydrogen (secondary N) is 2. The highest BCUT2D eigenvalue weighted by atomic mass is 16.5. The van der Waals surface area contributed by atoms with Gasteiger partial charge in [-0.2, -0.15) is 0 Å². The number of rotatable bonds is 6. The van der Waals surface area contributed by atoms with Gasteiger partial charge < -0.3 is 15.4 Å². The summed E-state index contributed by atoms with van der Waals surface area (Å²) in [7, 11) is 0. The molecule has 2 N–H and O–H groups in total. The molecular formula is C14H26N2O2. The van der Waals surface area contributed by atoms with Crippen LogP contribution in [0.15, 0.2) is 0 Å². The molecule has 0 bridgehead atoms. The average Bonchev–Trinajstić information content (AvgIpc) is 2.89. The average molecular weight is 254 g/mol. The molecule has 2 fully saturated rings. The summed E-state index contributed by atoms with van der Waals surface area (Å²) in [6.45, 7) is 3.21. The van der Waals surface area contributed by atoms with Crippen LogP contribution in [0.3, 0.4) is 0 Å². The van der Waals surface area contributed by atoms with Crippen molar-refractivity contribution >= 4 is 5.91 Å². The molecule has 0 aromatic rings. The smallest absolute Gasteiger partial charge is 0.246 e. The Kier molecular flexibility index (Phi) is 5.94. The molecule has 104 valence electrons. The molecular weight excluding hydrogens is 228 g/mol. The van der Waals surface area contributed by atoms with E-state index in [-0.39, 0.29) is 12.5 Å². The standard InChI is InChI=1S/C14H26N2O2/c17-14(16-13-5-1-2-6-13)11-18-9-7-12-4-3-8-15-10-12/h12-13,15H,1-11H2,(H,16,17). The minimum Gasteiger partial charge on any atom is -0.372 e. The molecule has 18 heavy (non-hydrogen) atoms. The molecule has 4 heteroatoms. The predicted molar refractivity (Wildman–Crippen MR) is 71.4 cm³/mol. The van der Waals surface area contributed by atoms with Gasteiger partial charge in [-0.05, 0) is 51.1 Å². The van der Waals surface area contributed by atoms with Gasteiger partial charge in [0.1, 0.15) is 6.61 Å². The van der Waals surface area contributed by atoms with Crippen molar-refractivity contribution in [1.29, 1.82) is 0 Å². The molecule has 1 unspecified atom stereocenters. The molecule has 0 aromatic carbocycles. The third-order valence-corrected chi connectivity index (χ3v) is 4.02. The first-order chi connectivity index (χ1) is 8.84. The van der Waals surface area contributed by atoms with Crippen LogP contribution < -0.4 is 10.6 Å². The molecule has 1 heterocycles. The highest BCUT2D eigenvalue weighted by molar-refractivity contribution is 5.77. The fraction of sp³-hybridized carbons (Fsp3) is 0.929. The Bertz CT molecular complexity index is 246. The maximum Gasteiger partial charge on any atom is 0.246 e. The lowest BCUT2D eigenvalue weighted by atomic mass is 9.97. The van der Waals surface area contributed by atoms with Crippen LogP contribution in [0.4, 0.5) is 0 Å². The number of hydrogen-bond acceptors (Lipinski definition) is 3. The molecule has 1 aliphatic carbocycles. The van der Waals surface area contributed by atoms with Gasteiger partial charge in [0.15, 0.2) is 0 Å². The van der Waals surface area contributed by atoms with Gasteiger partial charge >= 0.3 is 0 Å². The number of carbonyl (C=O) groups is 1. The first kappa shape index (κ1) is 13.8. The van der Waals surface area contributed by atoms with Gasteiger partial charge in [0.05, 0.1) is 0 Å². The molecule has 0 spiro atoms. The van der Waals surface area contributed by atoms with Crippen LogP contribution in [0.5, 0.6) is 0 Å². The highest BCUT2D eigenvalue weighted by Crippen LogP contribution is 2.17. The summed E-state index contributed by atoms with van der Waals surface area (Å²) in [6.07, 6.45) is 8.42. The van der Waals surface area contributed by atoms with Crippen molar-refractivity contribution in [2.75, 3.05) is 26.3 Å². The summed E-state index contributed by atoms with van der Waals surface area (Å²) in [5.74, 6) is 0.792. The third kappa shape index (κ3) is 4.94. The molecule has 4 nitrogen and oxygen atoms in total. The van der Waals surface area contributed by atoms with E-state index in [0.717, 1.165) is 38.3 Å². The maximum atomic E-state index is 11.6. The predicted octanol–water partition coefficient (Wildman–Crippen LogP) is 1.45. The van der Waals surface area contributed by atoms with E-state index in [9.17, 15) is 4.79 Å².